The van der Waals surface area contributed by atoms with Gasteiger partial charge in [-0.2, -0.15) is 5.26 Å². The molecule has 0 unspecified atom stereocenters. The van der Waals surface area contributed by atoms with Gasteiger partial charge in [0.25, 0.3) is 0 Å². The number of anilines is 1. The summed E-state index contributed by atoms with van der Waals surface area (Å²) in [4.78, 5) is 23.0. The van der Waals surface area contributed by atoms with Crippen LogP contribution in [-0.2, 0) is 0 Å². The van der Waals surface area contributed by atoms with Gasteiger partial charge in [0.1, 0.15) is 17.7 Å². The maximum atomic E-state index is 9.18. The molecule has 10 heteroatoms. The minimum atomic E-state index is 0.235. The van der Waals surface area contributed by atoms with Crippen molar-refractivity contribution < 1.29 is 0 Å². The summed E-state index contributed by atoms with van der Waals surface area (Å²) in [5, 5.41) is 19.6. The van der Waals surface area contributed by atoms with E-state index in [9.17, 15) is 5.26 Å². The normalized spacial score (nSPS) is 17.6. The average molecular weight is 525 g/mol. The van der Waals surface area contributed by atoms with Crippen LogP contribution in [0.2, 0.25) is 0 Å². The molecule has 3 rings (SSSR count). The van der Waals surface area contributed by atoms with Crippen LogP contribution in [0.25, 0.3) is 0 Å². The van der Waals surface area contributed by atoms with Crippen molar-refractivity contribution >= 4 is 29.8 Å². The second-order valence-electron chi connectivity index (χ2n) is 8.91. The Balaban J connectivity index is 1.70. The third kappa shape index (κ3) is 8.53. The molecule has 0 aromatic carbocycles. The number of hydrogen-bond donors (Lipinski definition) is 3. The first kappa shape index (κ1) is 29.1. The maximum Gasteiger partial charge on any atom is 0.141 e. The van der Waals surface area contributed by atoms with Crippen molar-refractivity contribution in [3.63, 3.8) is 0 Å². The molecule has 2 aliphatic heterocycles. The fourth-order valence-corrected chi connectivity index (χ4v) is 3.98. The number of nitriles is 1. The quantitative estimate of drug-likeness (QED) is 0.230. The van der Waals surface area contributed by atoms with Crippen LogP contribution in [0.4, 0.5) is 5.82 Å². The minimum Gasteiger partial charge on any atom is -0.362 e. The number of nitrogens with one attached hydrogen (secondary N) is 2. The van der Waals surface area contributed by atoms with E-state index in [0.717, 1.165) is 73.9 Å². The van der Waals surface area contributed by atoms with E-state index in [2.05, 4.69) is 31.7 Å². The monoisotopic (exact) mass is 524 g/mol. The number of rotatable bonds is 11. The van der Waals surface area contributed by atoms with Crippen LogP contribution in [0.3, 0.4) is 0 Å². The summed E-state index contributed by atoms with van der Waals surface area (Å²) >= 11 is 0. The molecular formula is C29H36N10. The predicted octanol–water partition coefficient (Wildman–Crippen LogP) is 3.35. The molecule has 0 aliphatic carbocycles. The Kier molecular flexibility index (Phi) is 11.2. The van der Waals surface area contributed by atoms with Gasteiger partial charge < -0.3 is 21.4 Å². The van der Waals surface area contributed by atoms with E-state index in [1.54, 1.807) is 19.2 Å². The van der Waals surface area contributed by atoms with Gasteiger partial charge >= 0.3 is 0 Å². The van der Waals surface area contributed by atoms with Crippen molar-refractivity contribution in [2.24, 2.45) is 20.7 Å². The number of hydrogen-bond acceptors (Lipinski definition) is 10. The highest BCUT2D eigenvalue weighted by molar-refractivity contribution is 5.99. The van der Waals surface area contributed by atoms with E-state index in [1.165, 1.54) is 0 Å². The molecule has 0 spiro atoms. The van der Waals surface area contributed by atoms with Crippen molar-refractivity contribution in [3.05, 3.63) is 83.6 Å². The summed E-state index contributed by atoms with van der Waals surface area (Å²) < 4.78 is 0. The lowest BCUT2D eigenvalue weighted by Gasteiger charge is -2.35. The standard InChI is InChI=1S/C29H36N10/c1-4-24(9-10-30)27(20-35-22(2)26(17-31)18-32)37-23(3)25-7-8-29(36-19-25)39-15-13-38(14-16-39)21-28-33-11-5-6-12-34-28/h4-5,7-9,11-12,17,19-20,31,35H,1,6,10,13-16,21,30H2,2-3H3/b24-9+,26-22+,27-20-,31-17?,37-23+. The van der Waals surface area contributed by atoms with Gasteiger partial charge in [0.2, 0.25) is 0 Å². The van der Waals surface area contributed by atoms with Crippen LogP contribution in [0.5, 0.6) is 0 Å². The largest absolute Gasteiger partial charge is 0.362 e. The zero-order valence-electron chi connectivity index (χ0n) is 22.6. The third-order valence-electron chi connectivity index (χ3n) is 6.27. The number of nitrogens with two attached hydrogens (primary N) is 1. The fourth-order valence-electron chi connectivity index (χ4n) is 3.98. The molecule has 0 radical (unpaired) electrons. The highest BCUT2D eigenvalue weighted by atomic mass is 15.3. The lowest BCUT2D eigenvalue weighted by Crippen LogP contribution is -2.48. The molecule has 2 aliphatic rings. The summed E-state index contributed by atoms with van der Waals surface area (Å²) in [6.45, 7) is 12.2. The van der Waals surface area contributed by atoms with Crippen LogP contribution in [0.15, 0.2) is 93.1 Å². The number of amidine groups is 1. The number of pyridine rings is 1. The molecule has 39 heavy (non-hydrogen) atoms. The molecule has 1 aromatic rings. The number of aromatic nitrogens is 1. The number of allylic oxidation sites excluding steroid dienone is 4. The second-order valence-corrected chi connectivity index (χ2v) is 8.91. The van der Waals surface area contributed by atoms with Crippen molar-refractivity contribution in [3.8, 4) is 6.07 Å². The lowest BCUT2D eigenvalue weighted by molar-refractivity contribution is 0.290. The van der Waals surface area contributed by atoms with E-state index in [0.29, 0.717) is 17.9 Å². The first-order valence-electron chi connectivity index (χ1n) is 12.8. The summed E-state index contributed by atoms with van der Waals surface area (Å²) in [5.41, 5.74) is 9.55. The average Bonchev–Trinajstić information content (AvgIpc) is 3.24. The first-order valence-corrected chi connectivity index (χ1v) is 12.8. The van der Waals surface area contributed by atoms with Crippen molar-refractivity contribution in [2.45, 2.75) is 20.3 Å². The number of piperazine rings is 1. The molecule has 10 nitrogen and oxygen atoms in total. The Bertz CT molecular complexity index is 1280. The van der Waals surface area contributed by atoms with Crippen LogP contribution < -0.4 is 16.0 Å². The Morgan fingerprint density at radius 3 is 2.72 bits per heavy atom. The van der Waals surface area contributed by atoms with Crippen LogP contribution >= 0.6 is 0 Å². The molecule has 1 fully saturated rings. The molecular weight excluding hydrogens is 488 g/mol. The fraction of sp³-hybridized carbons (Fsp3) is 0.310. The van der Waals surface area contributed by atoms with Gasteiger partial charge in [-0.25, -0.2) is 15.0 Å². The topological polar surface area (TPSA) is 142 Å². The Hall–Kier alpha value is -4.46. The Morgan fingerprint density at radius 2 is 2.08 bits per heavy atom. The predicted molar refractivity (Wildman–Crippen MR) is 160 cm³/mol. The Morgan fingerprint density at radius 1 is 1.28 bits per heavy atom. The lowest BCUT2D eigenvalue weighted by atomic mass is 10.1. The highest BCUT2D eigenvalue weighted by Gasteiger charge is 2.19. The molecule has 1 aromatic heterocycles. The zero-order chi connectivity index (χ0) is 28.0. The SMILES string of the molecule is C=CC(=C\CN)/C(=C/N/C(C)=C(/C#N)C=N)/N=C(\C)c1ccc(N2CCN(CC3=NC=CCC=N3)CC2)nc1. The molecule has 202 valence electrons. The molecule has 1 saturated heterocycles. The van der Waals surface area contributed by atoms with Gasteiger partial charge in [-0.15, -0.1) is 0 Å². The highest BCUT2D eigenvalue weighted by Crippen LogP contribution is 2.18. The van der Waals surface area contributed by atoms with Crippen molar-refractivity contribution in [1.82, 2.24) is 15.2 Å². The number of nitrogens with zero attached hydrogens (tertiary/aromatic N) is 7. The Labute approximate surface area is 230 Å². The van der Waals surface area contributed by atoms with E-state index < -0.39 is 0 Å². The molecule has 3 heterocycles. The van der Waals surface area contributed by atoms with Gasteiger partial charge in [0, 0.05) is 87.1 Å². The van der Waals surface area contributed by atoms with Crippen LogP contribution in [0.1, 0.15) is 25.8 Å². The van der Waals surface area contributed by atoms with Gasteiger partial charge in [0.15, 0.2) is 0 Å². The van der Waals surface area contributed by atoms with Crippen molar-refractivity contribution in [1.29, 1.82) is 10.7 Å². The summed E-state index contributed by atoms with van der Waals surface area (Å²) in [6, 6.07) is 6.04. The third-order valence-corrected chi connectivity index (χ3v) is 6.27. The minimum absolute atomic E-state index is 0.235. The van der Waals surface area contributed by atoms with Crippen LogP contribution in [-0.4, -0.2) is 73.1 Å². The second kappa shape index (κ2) is 15.1. The summed E-state index contributed by atoms with van der Waals surface area (Å²) in [5.74, 6) is 1.79. The van der Waals surface area contributed by atoms with Crippen LogP contribution in [0, 0.1) is 16.7 Å². The first-order chi connectivity index (χ1) is 19.0. The van der Waals surface area contributed by atoms with Gasteiger partial charge in [-0.1, -0.05) is 24.8 Å². The smallest absolute Gasteiger partial charge is 0.141 e. The van der Waals surface area contributed by atoms with E-state index in [1.807, 2.05) is 55.9 Å². The number of aliphatic imine (C=N–C) groups is 3. The molecule has 0 amide bonds. The molecule has 0 saturated carbocycles. The van der Waals surface area contributed by atoms with Gasteiger partial charge in [-0.3, -0.25) is 9.89 Å². The van der Waals surface area contributed by atoms with Crippen molar-refractivity contribution in [2.75, 3.05) is 44.2 Å². The molecule has 0 atom stereocenters. The maximum absolute atomic E-state index is 9.18. The molecule has 0 bridgehead atoms. The summed E-state index contributed by atoms with van der Waals surface area (Å²) in [6.07, 6.45) is 14.6. The summed E-state index contributed by atoms with van der Waals surface area (Å²) in [7, 11) is 0. The van der Waals surface area contributed by atoms with E-state index in [-0.39, 0.29) is 5.57 Å². The van der Waals surface area contributed by atoms with E-state index in [4.69, 9.17) is 21.1 Å². The van der Waals surface area contributed by atoms with Gasteiger partial charge in [-0.05, 0) is 31.6 Å². The van der Waals surface area contributed by atoms with E-state index >= 15 is 0 Å². The molecule has 4 N–H and O–H groups in total. The van der Waals surface area contributed by atoms with Gasteiger partial charge in [0.05, 0.1) is 17.8 Å². The zero-order valence-corrected chi connectivity index (χ0v) is 22.6.